The molecular weight excluding hydrogens is 344 g/mol. The number of hydrogen-bond donors (Lipinski definition) is 3. The number of aryl methyl sites for hydroxylation is 1. The first-order chi connectivity index (χ1) is 13.2. The molecule has 3 heterocycles. The Morgan fingerprint density at radius 2 is 2.04 bits per heavy atom. The molecule has 1 amide bonds. The zero-order chi connectivity index (χ0) is 18.6. The smallest absolute Gasteiger partial charge is 0.277 e. The van der Waals surface area contributed by atoms with Gasteiger partial charge in [-0.05, 0) is 37.1 Å². The van der Waals surface area contributed by atoms with Crippen LogP contribution in [0, 0.1) is 6.92 Å². The summed E-state index contributed by atoms with van der Waals surface area (Å²) in [4.78, 5) is 15.4. The number of benzene rings is 1. The molecule has 136 valence electrons. The molecule has 4 rings (SSSR count). The van der Waals surface area contributed by atoms with E-state index >= 15 is 0 Å². The minimum atomic E-state index is -0.388. The molecule has 4 aromatic rings. The number of aromatic amines is 1. The fourth-order valence-electron chi connectivity index (χ4n) is 2.82. The van der Waals surface area contributed by atoms with Crippen molar-refractivity contribution >= 4 is 28.4 Å². The van der Waals surface area contributed by atoms with Crippen LogP contribution in [-0.2, 0) is 6.42 Å². The maximum atomic E-state index is 12.1. The Labute approximate surface area is 155 Å². The van der Waals surface area contributed by atoms with Gasteiger partial charge in [-0.3, -0.25) is 4.79 Å². The molecule has 3 aromatic heterocycles. The highest BCUT2D eigenvalue weighted by Crippen LogP contribution is 2.18. The number of rotatable bonds is 6. The van der Waals surface area contributed by atoms with Crippen molar-refractivity contribution in [1.82, 2.24) is 20.3 Å². The standard InChI is InChI=1S/C19H18N6O2/c1-12-10-18(25-27-12)22-19(26)16-6-7-17(24-23-16)20-9-8-13-11-21-15-5-3-2-4-14(13)15/h2-7,10-11,21H,8-9H2,1H3,(H,20,24)(H,22,25,26). The highest BCUT2D eigenvalue weighted by atomic mass is 16.5. The van der Waals surface area contributed by atoms with Crippen LogP contribution in [0.25, 0.3) is 10.9 Å². The molecule has 8 heteroatoms. The van der Waals surface area contributed by atoms with Gasteiger partial charge in [0, 0.05) is 29.7 Å². The number of amides is 1. The summed E-state index contributed by atoms with van der Waals surface area (Å²) in [7, 11) is 0. The first kappa shape index (κ1) is 16.8. The van der Waals surface area contributed by atoms with Gasteiger partial charge < -0.3 is 20.1 Å². The maximum Gasteiger partial charge on any atom is 0.277 e. The van der Waals surface area contributed by atoms with Gasteiger partial charge in [0.2, 0.25) is 0 Å². The van der Waals surface area contributed by atoms with Gasteiger partial charge in [0.25, 0.3) is 5.91 Å². The molecule has 0 bridgehead atoms. The lowest BCUT2D eigenvalue weighted by Crippen LogP contribution is -2.15. The zero-order valence-electron chi connectivity index (χ0n) is 14.7. The van der Waals surface area contributed by atoms with Crippen LogP contribution in [-0.4, -0.2) is 32.8 Å². The Bertz CT molecular complexity index is 1070. The molecular formula is C19H18N6O2. The summed E-state index contributed by atoms with van der Waals surface area (Å²) < 4.78 is 4.91. The van der Waals surface area contributed by atoms with Gasteiger partial charge >= 0.3 is 0 Å². The normalized spacial score (nSPS) is 10.9. The first-order valence-corrected chi connectivity index (χ1v) is 8.56. The molecule has 0 atom stereocenters. The van der Waals surface area contributed by atoms with Crippen LogP contribution >= 0.6 is 0 Å². The van der Waals surface area contributed by atoms with Gasteiger partial charge in [0.1, 0.15) is 11.6 Å². The SMILES string of the molecule is Cc1cc(NC(=O)c2ccc(NCCc3c[nH]c4ccccc34)nn2)no1. The number of para-hydroxylation sites is 1. The molecule has 0 saturated heterocycles. The van der Waals surface area contributed by atoms with E-state index in [0.717, 1.165) is 11.9 Å². The van der Waals surface area contributed by atoms with Crippen LogP contribution in [0.2, 0.25) is 0 Å². The number of fused-ring (bicyclic) bond motifs is 1. The van der Waals surface area contributed by atoms with Crippen LogP contribution in [0.15, 0.2) is 53.2 Å². The van der Waals surface area contributed by atoms with E-state index in [4.69, 9.17) is 4.52 Å². The third-order valence-corrected chi connectivity index (χ3v) is 4.14. The van der Waals surface area contributed by atoms with Gasteiger partial charge in [-0.1, -0.05) is 23.4 Å². The topological polar surface area (TPSA) is 109 Å². The zero-order valence-corrected chi connectivity index (χ0v) is 14.7. The van der Waals surface area contributed by atoms with E-state index in [2.05, 4.69) is 43.1 Å². The lowest BCUT2D eigenvalue weighted by molar-refractivity contribution is 0.102. The average Bonchev–Trinajstić information content (AvgIpc) is 3.28. The molecule has 0 unspecified atom stereocenters. The van der Waals surface area contributed by atoms with Gasteiger partial charge in [-0.2, -0.15) is 0 Å². The number of nitrogens with one attached hydrogen (secondary N) is 3. The lowest BCUT2D eigenvalue weighted by atomic mass is 10.1. The van der Waals surface area contributed by atoms with E-state index in [1.165, 1.54) is 10.9 Å². The van der Waals surface area contributed by atoms with Crippen LogP contribution in [0.1, 0.15) is 21.8 Å². The van der Waals surface area contributed by atoms with Crippen molar-refractivity contribution in [3.05, 3.63) is 65.7 Å². The summed E-state index contributed by atoms with van der Waals surface area (Å²) in [5.41, 5.74) is 2.58. The van der Waals surface area contributed by atoms with E-state index in [1.54, 1.807) is 25.1 Å². The quantitative estimate of drug-likeness (QED) is 0.486. The number of hydrogen-bond acceptors (Lipinski definition) is 6. The van der Waals surface area contributed by atoms with Crippen LogP contribution in [0.5, 0.6) is 0 Å². The number of aromatic nitrogens is 4. The van der Waals surface area contributed by atoms with E-state index in [0.29, 0.717) is 23.9 Å². The fraction of sp³-hybridized carbons (Fsp3) is 0.158. The van der Waals surface area contributed by atoms with Crippen LogP contribution in [0.3, 0.4) is 0 Å². The van der Waals surface area contributed by atoms with Gasteiger partial charge in [0.05, 0.1) is 0 Å². The minimum Gasteiger partial charge on any atom is -0.368 e. The van der Waals surface area contributed by atoms with Gasteiger partial charge in [-0.15, -0.1) is 10.2 Å². The van der Waals surface area contributed by atoms with Crippen molar-refractivity contribution in [2.24, 2.45) is 0 Å². The number of nitrogens with zero attached hydrogens (tertiary/aromatic N) is 3. The van der Waals surface area contributed by atoms with Crippen LogP contribution in [0.4, 0.5) is 11.6 Å². The largest absolute Gasteiger partial charge is 0.368 e. The number of carbonyl (C=O) groups excluding carboxylic acids is 1. The van der Waals surface area contributed by atoms with E-state index < -0.39 is 0 Å². The van der Waals surface area contributed by atoms with Gasteiger partial charge in [0.15, 0.2) is 11.5 Å². The van der Waals surface area contributed by atoms with E-state index in [9.17, 15) is 4.79 Å². The molecule has 0 fully saturated rings. The predicted octanol–water partition coefficient (Wildman–Crippen LogP) is 3.16. The Kier molecular flexibility index (Phi) is 4.52. The molecule has 3 N–H and O–H groups in total. The molecule has 0 aliphatic carbocycles. The third kappa shape index (κ3) is 3.79. The number of H-pyrrole nitrogens is 1. The van der Waals surface area contributed by atoms with Gasteiger partial charge in [-0.25, -0.2) is 0 Å². The highest BCUT2D eigenvalue weighted by molar-refractivity contribution is 6.02. The molecule has 0 spiro atoms. The Hall–Kier alpha value is -3.68. The van der Waals surface area contributed by atoms with Crippen LogP contribution < -0.4 is 10.6 Å². The fourth-order valence-corrected chi connectivity index (χ4v) is 2.82. The van der Waals surface area contributed by atoms with Crippen molar-refractivity contribution in [1.29, 1.82) is 0 Å². The van der Waals surface area contributed by atoms with E-state index in [1.807, 2.05) is 18.3 Å². The van der Waals surface area contributed by atoms with Crippen molar-refractivity contribution in [2.45, 2.75) is 13.3 Å². The molecule has 0 aliphatic heterocycles. The lowest BCUT2D eigenvalue weighted by Gasteiger charge is -2.05. The molecule has 0 saturated carbocycles. The van der Waals surface area contributed by atoms with Crippen molar-refractivity contribution in [3.63, 3.8) is 0 Å². The highest BCUT2D eigenvalue weighted by Gasteiger charge is 2.11. The second-order valence-electron chi connectivity index (χ2n) is 6.12. The monoisotopic (exact) mass is 362 g/mol. The van der Waals surface area contributed by atoms with Crippen molar-refractivity contribution < 1.29 is 9.32 Å². The number of anilines is 2. The maximum absolute atomic E-state index is 12.1. The summed E-state index contributed by atoms with van der Waals surface area (Å²) in [6.07, 6.45) is 2.87. The summed E-state index contributed by atoms with van der Waals surface area (Å²) in [6, 6.07) is 13.2. The Morgan fingerprint density at radius 3 is 2.81 bits per heavy atom. The van der Waals surface area contributed by atoms with Crippen molar-refractivity contribution in [3.8, 4) is 0 Å². The Morgan fingerprint density at radius 1 is 1.15 bits per heavy atom. The molecule has 0 aliphatic rings. The summed E-state index contributed by atoms with van der Waals surface area (Å²) in [5, 5.41) is 18.8. The molecule has 27 heavy (non-hydrogen) atoms. The second kappa shape index (κ2) is 7.28. The molecule has 8 nitrogen and oxygen atoms in total. The van der Waals surface area contributed by atoms with Crippen molar-refractivity contribution in [2.75, 3.05) is 17.2 Å². The minimum absolute atomic E-state index is 0.206. The summed E-state index contributed by atoms with van der Waals surface area (Å²) in [6.45, 7) is 2.46. The Balaban J connectivity index is 1.33. The molecule has 1 aromatic carbocycles. The third-order valence-electron chi connectivity index (χ3n) is 4.14. The molecule has 0 radical (unpaired) electrons. The number of carbonyl (C=O) groups is 1. The summed E-state index contributed by atoms with van der Waals surface area (Å²) >= 11 is 0. The predicted molar refractivity (Wildman–Crippen MR) is 102 cm³/mol. The first-order valence-electron chi connectivity index (χ1n) is 8.56. The van der Waals surface area contributed by atoms with E-state index in [-0.39, 0.29) is 11.6 Å². The summed E-state index contributed by atoms with van der Waals surface area (Å²) in [5.74, 6) is 1.19. The average molecular weight is 362 g/mol. The second-order valence-corrected chi connectivity index (χ2v) is 6.12.